The van der Waals surface area contributed by atoms with Gasteiger partial charge in [0.1, 0.15) is 6.73 Å². The number of aliphatic hydroxyl groups excluding tert-OH is 2. The summed E-state index contributed by atoms with van der Waals surface area (Å²) < 4.78 is 1.76. The number of hydrogen-bond donors (Lipinski definition) is 4. The number of carbonyl (C=O) groups excluding carboxylic acids is 1. The summed E-state index contributed by atoms with van der Waals surface area (Å²) in [6.45, 7) is -0.276. The maximum absolute atomic E-state index is 12.7. The fourth-order valence-corrected chi connectivity index (χ4v) is 3.51. The minimum Gasteiger partial charge on any atom is -0.394 e. The third-order valence-corrected chi connectivity index (χ3v) is 5.00. The maximum Gasteiger partial charge on any atom is 0.237 e. The van der Waals surface area contributed by atoms with Gasteiger partial charge < -0.3 is 25.4 Å². The van der Waals surface area contributed by atoms with Crippen molar-refractivity contribution in [3.8, 4) is 0 Å². The summed E-state index contributed by atoms with van der Waals surface area (Å²) in [5, 5.41) is 26.4. The van der Waals surface area contributed by atoms with Crippen molar-refractivity contribution in [3.05, 3.63) is 71.9 Å². The van der Waals surface area contributed by atoms with Crippen molar-refractivity contribution >= 4 is 16.8 Å². The Balaban J connectivity index is 1.71. The Bertz CT molecular complexity index is 908. The summed E-state index contributed by atoms with van der Waals surface area (Å²) in [6.07, 6.45) is 2.93. The molecule has 0 aliphatic heterocycles. The smallest absolute Gasteiger partial charge is 0.237 e. The van der Waals surface area contributed by atoms with Gasteiger partial charge in [-0.2, -0.15) is 0 Å². The van der Waals surface area contributed by atoms with Gasteiger partial charge in [-0.05, 0) is 37.1 Å². The molecular formula is C22H27N3O3. The highest BCUT2D eigenvalue weighted by Gasteiger charge is 2.21. The molecule has 1 amide bonds. The second-order valence-electron chi connectivity index (χ2n) is 6.91. The number of para-hydroxylation sites is 1. The van der Waals surface area contributed by atoms with Crippen molar-refractivity contribution in [2.45, 2.75) is 31.7 Å². The lowest BCUT2D eigenvalue weighted by atomic mass is 10.0. The average molecular weight is 381 g/mol. The van der Waals surface area contributed by atoms with Crippen LogP contribution in [0.5, 0.6) is 0 Å². The van der Waals surface area contributed by atoms with Gasteiger partial charge in [0.2, 0.25) is 5.91 Å². The quantitative estimate of drug-likeness (QED) is 0.452. The molecule has 0 spiro atoms. The minimum absolute atomic E-state index is 0.116. The van der Waals surface area contributed by atoms with Crippen molar-refractivity contribution in [1.29, 1.82) is 0 Å². The zero-order valence-electron chi connectivity index (χ0n) is 16.0. The van der Waals surface area contributed by atoms with E-state index in [1.165, 1.54) is 0 Å². The molecule has 0 radical (unpaired) electrons. The first-order chi connectivity index (χ1) is 13.7. The molecule has 0 bridgehead atoms. The SMILES string of the molecule is CN[C@@H](Cc1ccccc1)C(=O)N[C@H](CO)Cc1cn(CO)c2ccccc12. The van der Waals surface area contributed by atoms with Crippen molar-refractivity contribution < 1.29 is 15.0 Å². The molecule has 0 saturated carbocycles. The van der Waals surface area contributed by atoms with Gasteiger partial charge in [-0.3, -0.25) is 4.79 Å². The number of aliphatic hydroxyl groups is 2. The molecule has 1 heterocycles. The topological polar surface area (TPSA) is 86.5 Å². The second-order valence-corrected chi connectivity index (χ2v) is 6.91. The summed E-state index contributed by atoms with van der Waals surface area (Å²) >= 11 is 0. The second kappa shape index (κ2) is 9.50. The molecule has 2 atom stereocenters. The van der Waals surface area contributed by atoms with Gasteiger partial charge in [0.15, 0.2) is 0 Å². The van der Waals surface area contributed by atoms with Crippen LogP contribution in [0.3, 0.4) is 0 Å². The number of rotatable bonds is 9. The Kier molecular flexibility index (Phi) is 6.81. The van der Waals surface area contributed by atoms with E-state index in [-0.39, 0.29) is 25.3 Å². The Morgan fingerprint density at radius 1 is 1.04 bits per heavy atom. The molecule has 0 aliphatic carbocycles. The van der Waals surface area contributed by atoms with Gasteiger partial charge in [-0.15, -0.1) is 0 Å². The van der Waals surface area contributed by atoms with Crippen LogP contribution < -0.4 is 10.6 Å². The predicted molar refractivity (Wildman–Crippen MR) is 110 cm³/mol. The number of likely N-dealkylation sites (N-methyl/N-ethyl adjacent to an activating group) is 1. The van der Waals surface area contributed by atoms with E-state index in [1.807, 2.05) is 60.8 Å². The lowest BCUT2D eigenvalue weighted by molar-refractivity contribution is -0.124. The van der Waals surface area contributed by atoms with E-state index in [1.54, 1.807) is 11.6 Å². The number of fused-ring (bicyclic) bond motifs is 1. The molecule has 6 heteroatoms. The van der Waals surface area contributed by atoms with Crippen molar-refractivity contribution in [2.24, 2.45) is 0 Å². The molecule has 3 aromatic rings. The van der Waals surface area contributed by atoms with E-state index in [4.69, 9.17) is 0 Å². The Morgan fingerprint density at radius 3 is 2.43 bits per heavy atom. The maximum atomic E-state index is 12.7. The number of aromatic nitrogens is 1. The van der Waals surface area contributed by atoms with Crippen LogP contribution in [0.25, 0.3) is 10.9 Å². The largest absolute Gasteiger partial charge is 0.394 e. The standard InChI is InChI=1S/C22H27N3O3/c1-23-20(11-16-7-3-2-4-8-16)22(28)24-18(14-26)12-17-13-25(15-27)21-10-6-5-9-19(17)21/h2-10,13,18,20,23,26-27H,11-12,14-15H2,1H3,(H,24,28)/t18-,20-/m0/s1. The summed E-state index contributed by atoms with van der Waals surface area (Å²) in [6, 6.07) is 16.8. The number of hydrogen-bond acceptors (Lipinski definition) is 4. The number of nitrogens with one attached hydrogen (secondary N) is 2. The molecule has 0 aliphatic rings. The number of carbonyl (C=O) groups is 1. The average Bonchev–Trinajstić information content (AvgIpc) is 3.09. The fourth-order valence-electron chi connectivity index (χ4n) is 3.51. The summed E-state index contributed by atoms with van der Waals surface area (Å²) in [5.41, 5.74) is 2.98. The van der Waals surface area contributed by atoms with Gasteiger partial charge in [-0.1, -0.05) is 48.5 Å². The highest BCUT2D eigenvalue weighted by Crippen LogP contribution is 2.22. The van der Waals surface area contributed by atoms with Crippen molar-refractivity contribution in [3.63, 3.8) is 0 Å². The molecule has 0 unspecified atom stereocenters. The van der Waals surface area contributed by atoms with E-state index >= 15 is 0 Å². The normalized spacial score (nSPS) is 13.4. The first-order valence-electron chi connectivity index (χ1n) is 9.46. The molecule has 3 rings (SSSR count). The van der Waals surface area contributed by atoms with Crippen molar-refractivity contribution in [2.75, 3.05) is 13.7 Å². The van der Waals surface area contributed by atoms with Crippen LogP contribution in [0, 0.1) is 0 Å². The Hall–Kier alpha value is -2.67. The van der Waals surface area contributed by atoms with Gasteiger partial charge in [0.25, 0.3) is 0 Å². The van der Waals surface area contributed by atoms with Gasteiger partial charge in [0.05, 0.1) is 24.2 Å². The van der Waals surface area contributed by atoms with E-state index in [0.717, 1.165) is 22.0 Å². The Morgan fingerprint density at radius 2 is 1.75 bits per heavy atom. The molecule has 1 aromatic heterocycles. The third-order valence-electron chi connectivity index (χ3n) is 5.00. The van der Waals surface area contributed by atoms with Crippen LogP contribution in [-0.4, -0.2) is 46.4 Å². The highest BCUT2D eigenvalue weighted by atomic mass is 16.3. The first-order valence-corrected chi connectivity index (χ1v) is 9.46. The van der Waals surface area contributed by atoms with Crippen LogP contribution in [0.4, 0.5) is 0 Å². The van der Waals surface area contributed by atoms with E-state index in [2.05, 4.69) is 10.6 Å². The van der Waals surface area contributed by atoms with Crippen LogP contribution in [0.15, 0.2) is 60.8 Å². The predicted octanol–water partition coefficient (Wildman–Crippen LogP) is 1.44. The molecule has 0 saturated heterocycles. The molecule has 0 fully saturated rings. The highest BCUT2D eigenvalue weighted by molar-refractivity contribution is 5.85. The molecule has 2 aromatic carbocycles. The number of amides is 1. The lowest BCUT2D eigenvalue weighted by Crippen LogP contribution is -2.49. The zero-order chi connectivity index (χ0) is 19.9. The number of benzene rings is 2. The third kappa shape index (κ3) is 4.59. The van der Waals surface area contributed by atoms with Crippen molar-refractivity contribution in [1.82, 2.24) is 15.2 Å². The first kappa shape index (κ1) is 20.1. The van der Waals surface area contributed by atoms with Crippen LogP contribution in [0.2, 0.25) is 0 Å². The molecule has 6 nitrogen and oxygen atoms in total. The van der Waals surface area contributed by atoms with E-state index < -0.39 is 6.04 Å². The summed E-state index contributed by atoms with van der Waals surface area (Å²) in [7, 11) is 1.76. The monoisotopic (exact) mass is 381 g/mol. The van der Waals surface area contributed by atoms with Crippen LogP contribution >= 0.6 is 0 Å². The fraction of sp³-hybridized carbons (Fsp3) is 0.318. The van der Waals surface area contributed by atoms with E-state index in [0.29, 0.717) is 12.8 Å². The minimum atomic E-state index is -0.405. The molecule has 28 heavy (non-hydrogen) atoms. The van der Waals surface area contributed by atoms with Gasteiger partial charge in [-0.25, -0.2) is 0 Å². The van der Waals surface area contributed by atoms with Gasteiger partial charge in [0, 0.05) is 11.6 Å². The summed E-state index contributed by atoms with van der Waals surface area (Å²) in [4.78, 5) is 12.7. The van der Waals surface area contributed by atoms with Crippen LogP contribution in [-0.2, 0) is 24.4 Å². The number of nitrogens with zero attached hydrogens (tertiary/aromatic N) is 1. The lowest BCUT2D eigenvalue weighted by Gasteiger charge is -2.21. The van der Waals surface area contributed by atoms with Gasteiger partial charge >= 0.3 is 0 Å². The van der Waals surface area contributed by atoms with E-state index in [9.17, 15) is 15.0 Å². The van der Waals surface area contributed by atoms with Crippen LogP contribution in [0.1, 0.15) is 11.1 Å². The Labute approximate surface area is 164 Å². The summed E-state index contributed by atoms with van der Waals surface area (Å²) in [5.74, 6) is -0.142. The zero-order valence-corrected chi connectivity index (χ0v) is 16.0. The molecular weight excluding hydrogens is 354 g/mol. The molecule has 148 valence electrons. The molecule has 4 N–H and O–H groups in total.